The first-order valence-electron chi connectivity index (χ1n) is 11.0. The molecule has 1 aromatic carbocycles. The Kier molecular flexibility index (Phi) is 8.07. The highest BCUT2D eigenvalue weighted by atomic mass is 35.5. The summed E-state index contributed by atoms with van der Waals surface area (Å²) in [6.45, 7) is 3.43. The molecule has 2 aliphatic heterocycles. The van der Waals surface area contributed by atoms with E-state index in [0.717, 1.165) is 6.07 Å². The van der Waals surface area contributed by atoms with Crippen LogP contribution in [-0.4, -0.2) is 60.2 Å². The van der Waals surface area contributed by atoms with Gasteiger partial charge < -0.3 is 25.3 Å². The summed E-state index contributed by atoms with van der Waals surface area (Å²) in [7, 11) is 0. The SMILES string of the molecule is CC(Nc1nc(Cl)nc([C@H]2CN(CC(N)=O)CCO2)c1C1OCCO1)c1cccc(C(F)F)c1F. The van der Waals surface area contributed by atoms with E-state index in [0.29, 0.717) is 44.2 Å². The van der Waals surface area contributed by atoms with E-state index in [2.05, 4.69) is 15.3 Å². The fraction of sp³-hybridized carbons (Fsp3) is 0.500. The number of hydrogen-bond acceptors (Lipinski definition) is 8. The summed E-state index contributed by atoms with van der Waals surface area (Å²) in [5.74, 6) is -1.29. The van der Waals surface area contributed by atoms with E-state index < -0.39 is 42.1 Å². The van der Waals surface area contributed by atoms with Gasteiger partial charge in [-0.05, 0) is 18.5 Å². The Labute approximate surface area is 204 Å². The third-order valence-electron chi connectivity index (χ3n) is 5.75. The molecule has 0 bridgehead atoms. The first-order chi connectivity index (χ1) is 16.7. The molecular formula is C22H25ClF3N5O4. The molecule has 9 nitrogen and oxygen atoms in total. The predicted octanol–water partition coefficient (Wildman–Crippen LogP) is 3.28. The van der Waals surface area contributed by atoms with Crippen LogP contribution in [0, 0.1) is 5.82 Å². The van der Waals surface area contributed by atoms with Gasteiger partial charge >= 0.3 is 0 Å². The van der Waals surface area contributed by atoms with Crippen LogP contribution in [0.4, 0.5) is 19.0 Å². The van der Waals surface area contributed by atoms with Crippen LogP contribution >= 0.6 is 11.6 Å². The smallest absolute Gasteiger partial charge is 0.266 e. The number of benzene rings is 1. The number of aromatic nitrogens is 2. The number of carbonyl (C=O) groups is 1. The van der Waals surface area contributed by atoms with E-state index >= 15 is 0 Å². The summed E-state index contributed by atoms with van der Waals surface area (Å²) in [5.41, 5.74) is 5.45. The molecule has 1 amide bonds. The molecule has 0 aliphatic carbocycles. The van der Waals surface area contributed by atoms with Crippen molar-refractivity contribution in [1.29, 1.82) is 0 Å². The molecule has 0 saturated carbocycles. The zero-order valence-corrected chi connectivity index (χ0v) is 19.6. The second-order valence-corrected chi connectivity index (χ2v) is 8.53. The number of nitrogens with zero attached hydrogens (tertiary/aromatic N) is 3. The second-order valence-electron chi connectivity index (χ2n) is 8.19. The van der Waals surface area contributed by atoms with E-state index in [9.17, 15) is 18.0 Å². The molecule has 0 spiro atoms. The van der Waals surface area contributed by atoms with Gasteiger partial charge in [-0.25, -0.2) is 23.1 Å². The number of morpholine rings is 1. The average Bonchev–Trinajstić information content (AvgIpc) is 3.32. The standard InChI is InChI=1S/C22H25ClF3N5O4/c1-11(12-3-2-4-13(17(12)24)19(25)26)28-20-16(21-34-7-8-35-21)18(29-22(23)30-20)14-9-31(5-6-33-14)10-15(27)32/h2-4,11,14,19,21H,5-10H2,1H3,(H2,27,32)(H,28,29,30)/t11?,14-/m1/s1. The van der Waals surface area contributed by atoms with Crippen LogP contribution in [0.1, 0.15) is 54.2 Å². The highest BCUT2D eigenvalue weighted by Crippen LogP contribution is 2.38. The molecule has 1 aromatic heterocycles. The minimum Gasteiger partial charge on any atom is -0.369 e. The van der Waals surface area contributed by atoms with E-state index in [1.54, 1.807) is 6.92 Å². The monoisotopic (exact) mass is 515 g/mol. The van der Waals surface area contributed by atoms with Gasteiger partial charge in [-0.3, -0.25) is 9.69 Å². The van der Waals surface area contributed by atoms with Crippen molar-refractivity contribution in [3.8, 4) is 0 Å². The first-order valence-corrected chi connectivity index (χ1v) is 11.4. The Morgan fingerprint density at radius 1 is 1.23 bits per heavy atom. The van der Waals surface area contributed by atoms with Gasteiger partial charge in [0.25, 0.3) is 6.43 Å². The normalized spacial score (nSPS) is 20.3. The number of hydrogen-bond donors (Lipinski definition) is 2. The highest BCUT2D eigenvalue weighted by molar-refractivity contribution is 6.28. The summed E-state index contributed by atoms with van der Waals surface area (Å²) >= 11 is 6.24. The van der Waals surface area contributed by atoms with Crippen LogP contribution < -0.4 is 11.1 Å². The Bertz CT molecular complexity index is 1070. The van der Waals surface area contributed by atoms with Crippen LogP contribution in [0.25, 0.3) is 0 Å². The molecule has 13 heteroatoms. The number of nitrogens with two attached hydrogens (primary N) is 1. The number of amides is 1. The van der Waals surface area contributed by atoms with Gasteiger partial charge in [-0.1, -0.05) is 18.2 Å². The maximum absolute atomic E-state index is 14.8. The van der Waals surface area contributed by atoms with Crippen molar-refractivity contribution < 1.29 is 32.2 Å². The lowest BCUT2D eigenvalue weighted by Crippen LogP contribution is -2.43. The molecule has 2 aromatic rings. The maximum atomic E-state index is 14.8. The van der Waals surface area contributed by atoms with E-state index in [1.165, 1.54) is 12.1 Å². The zero-order chi connectivity index (χ0) is 25.1. The third kappa shape index (κ3) is 5.84. The summed E-state index contributed by atoms with van der Waals surface area (Å²) in [6, 6.07) is 3.05. The van der Waals surface area contributed by atoms with Crippen molar-refractivity contribution in [3.05, 3.63) is 51.7 Å². The molecule has 190 valence electrons. The number of primary amides is 1. The lowest BCUT2D eigenvalue weighted by Gasteiger charge is -2.33. The number of alkyl halides is 2. The van der Waals surface area contributed by atoms with E-state index in [-0.39, 0.29) is 23.2 Å². The quantitative estimate of drug-likeness (QED) is 0.515. The first kappa shape index (κ1) is 25.6. The number of anilines is 1. The Morgan fingerprint density at radius 3 is 2.63 bits per heavy atom. The number of carbonyl (C=O) groups excluding carboxylic acids is 1. The van der Waals surface area contributed by atoms with Gasteiger partial charge in [-0.2, -0.15) is 0 Å². The highest BCUT2D eigenvalue weighted by Gasteiger charge is 2.34. The van der Waals surface area contributed by atoms with Gasteiger partial charge in [0.1, 0.15) is 17.7 Å². The molecule has 2 saturated heterocycles. The van der Waals surface area contributed by atoms with Gasteiger partial charge in [-0.15, -0.1) is 0 Å². The van der Waals surface area contributed by atoms with Crippen molar-refractivity contribution >= 4 is 23.3 Å². The van der Waals surface area contributed by atoms with Gasteiger partial charge in [0, 0.05) is 18.7 Å². The predicted molar refractivity (Wildman–Crippen MR) is 119 cm³/mol. The Hall–Kier alpha value is -2.51. The molecule has 35 heavy (non-hydrogen) atoms. The minimum absolute atomic E-state index is 0.0276. The molecule has 1 unspecified atom stereocenters. The molecule has 2 fully saturated rings. The van der Waals surface area contributed by atoms with E-state index in [4.69, 9.17) is 31.5 Å². The number of rotatable bonds is 8. The molecule has 2 atom stereocenters. The van der Waals surface area contributed by atoms with Crippen molar-refractivity contribution in [1.82, 2.24) is 14.9 Å². The number of ether oxygens (including phenoxy) is 3. The Balaban J connectivity index is 1.70. The van der Waals surface area contributed by atoms with Crippen molar-refractivity contribution in [2.24, 2.45) is 5.73 Å². The summed E-state index contributed by atoms with van der Waals surface area (Å²) in [4.78, 5) is 21.9. The minimum atomic E-state index is -2.95. The lowest BCUT2D eigenvalue weighted by atomic mass is 10.0. The lowest BCUT2D eigenvalue weighted by molar-refractivity contribution is -0.121. The van der Waals surface area contributed by atoms with Gasteiger partial charge in [0.15, 0.2) is 6.29 Å². The Morgan fingerprint density at radius 2 is 1.94 bits per heavy atom. The number of nitrogens with one attached hydrogen (secondary N) is 1. The summed E-state index contributed by atoms with van der Waals surface area (Å²) in [6.07, 6.45) is -4.42. The summed E-state index contributed by atoms with van der Waals surface area (Å²) < 4.78 is 58.5. The van der Waals surface area contributed by atoms with Crippen LogP contribution in [-0.2, 0) is 19.0 Å². The van der Waals surface area contributed by atoms with Crippen molar-refractivity contribution in [3.63, 3.8) is 0 Å². The molecule has 2 aliphatic rings. The molecular weight excluding hydrogens is 491 g/mol. The maximum Gasteiger partial charge on any atom is 0.266 e. The fourth-order valence-electron chi connectivity index (χ4n) is 4.16. The average molecular weight is 516 g/mol. The molecule has 3 N–H and O–H groups in total. The van der Waals surface area contributed by atoms with Gasteiger partial charge in [0.2, 0.25) is 11.2 Å². The largest absolute Gasteiger partial charge is 0.369 e. The van der Waals surface area contributed by atoms with Crippen molar-refractivity contribution in [2.75, 3.05) is 44.8 Å². The topological polar surface area (TPSA) is 112 Å². The van der Waals surface area contributed by atoms with E-state index in [1.807, 2.05) is 4.90 Å². The third-order valence-corrected chi connectivity index (χ3v) is 5.92. The summed E-state index contributed by atoms with van der Waals surface area (Å²) in [5, 5.41) is 2.93. The number of halogens is 4. The van der Waals surface area contributed by atoms with Crippen molar-refractivity contribution in [2.45, 2.75) is 31.8 Å². The van der Waals surface area contributed by atoms with Crippen LogP contribution in [0.3, 0.4) is 0 Å². The van der Waals surface area contributed by atoms with Crippen LogP contribution in [0.2, 0.25) is 5.28 Å². The second kappa shape index (κ2) is 11.0. The zero-order valence-electron chi connectivity index (χ0n) is 18.8. The molecule has 0 radical (unpaired) electrons. The van der Waals surface area contributed by atoms with Gasteiger partial charge in [0.05, 0.1) is 49.2 Å². The van der Waals surface area contributed by atoms with Crippen LogP contribution in [0.15, 0.2) is 18.2 Å². The molecule has 4 rings (SSSR count). The molecule has 3 heterocycles. The fourth-order valence-corrected chi connectivity index (χ4v) is 4.33. The van der Waals surface area contributed by atoms with Crippen LogP contribution in [0.5, 0.6) is 0 Å².